The van der Waals surface area contributed by atoms with Gasteiger partial charge in [-0.1, -0.05) is 12.1 Å². The molecule has 1 aromatic rings. The fraction of sp³-hybridized carbons (Fsp3) is 0.625. The summed E-state index contributed by atoms with van der Waals surface area (Å²) in [6.45, 7) is 0. The van der Waals surface area contributed by atoms with Crippen molar-refractivity contribution in [2.45, 2.75) is 25.3 Å². The molecule has 0 amide bonds. The van der Waals surface area contributed by atoms with Crippen molar-refractivity contribution in [3.63, 3.8) is 0 Å². The summed E-state index contributed by atoms with van der Waals surface area (Å²) in [6.07, 6.45) is 4.41. The van der Waals surface area contributed by atoms with Gasteiger partial charge in [0.25, 0.3) is 0 Å². The number of nitrogens with one attached hydrogen (secondary N) is 1. The third-order valence-electron chi connectivity index (χ3n) is 5.83. The minimum atomic E-state index is 0.323. The smallest absolute Gasteiger partial charge is 0.118 e. The predicted octanol–water partition coefficient (Wildman–Crippen LogP) is 2.49. The van der Waals surface area contributed by atoms with E-state index in [1.165, 1.54) is 24.8 Å². The molecule has 1 aromatic carbocycles. The Morgan fingerprint density at radius 1 is 1.16 bits per heavy atom. The Kier molecular flexibility index (Phi) is 2.61. The van der Waals surface area contributed by atoms with Gasteiger partial charge < -0.3 is 4.74 Å². The molecule has 2 bridgehead atoms. The molecule has 3 nitrogen and oxygen atoms in total. The van der Waals surface area contributed by atoms with Crippen LogP contribution in [0.1, 0.15) is 30.9 Å². The van der Waals surface area contributed by atoms with Gasteiger partial charge in [0.05, 0.1) is 7.11 Å². The first-order valence-electron chi connectivity index (χ1n) is 7.43. The summed E-state index contributed by atoms with van der Waals surface area (Å²) < 4.78 is 5.23. The number of rotatable bonds is 4. The zero-order valence-corrected chi connectivity index (χ0v) is 11.4. The van der Waals surface area contributed by atoms with Gasteiger partial charge in [-0.15, -0.1) is 0 Å². The molecule has 0 aromatic heterocycles. The normalized spacial score (nSPS) is 40.0. The quantitative estimate of drug-likeness (QED) is 0.644. The van der Waals surface area contributed by atoms with Gasteiger partial charge >= 0.3 is 0 Å². The molecule has 3 aliphatic carbocycles. The first-order valence-corrected chi connectivity index (χ1v) is 7.43. The van der Waals surface area contributed by atoms with Crippen LogP contribution >= 0.6 is 0 Å². The van der Waals surface area contributed by atoms with Crippen molar-refractivity contribution in [3.05, 3.63) is 29.8 Å². The molecule has 102 valence electrons. The second kappa shape index (κ2) is 4.22. The minimum Gasteiger partial charge on any atom is -0.497 e. The highest BCUT2D eigenvalue weighted by Gasteiger charge is 2.66. The van der Waals surface area contributed by atoms with Gasteiger partial charge in [-0.05, 0) is 66.5 Å². The lowest BCUT2D eigenvalue weighted by Gasteiger charge is -2.20. The van der Waals surface area contributed by atoms with E-state index in [9.17, 15) is 0 Å². The summed E-state index contributed by atoms with van der Waals surface area (Å²) in [5.41, 5.74) is 4.38. The van der Waals surface area contributed by atoms with Gasteiger partial charge in [-0.2, -0.15) is 0 Å². The fourth-order valence-electron chi connectivity index (χ4n) is 5.08. The van der Waals surface area contributed by atoms with Crippen molar-refractivity contribution in [3.8, 4) is 5.75 Å². The highest BCUT2D eigenvalue weighted by Crippen LogP contribution is 2.72. The highest BCUT2D eigenvalue weighted by atomic mass is 16.5. The van der Waals surface area contributed by atoms with Gasteiger partial charge in [0.1, 0.15) is 5.75 Å². The monoisotopic (exact) mass is 258 g/mol. The molecule has 0 heterocycles. The van der Waals surface area contributed by atoms with E-state index in [0.717, 1.165) is 35.3 Å². The Morgan fingerprint density at radius 2 is 1.79 bits per heavy atom. The zero-order valence-electron chi connectivity index (χ0n) is 11.4. The van der Waals surface area contributed by atoms with Crippen LogP contribution in [0.15, 0.2) is 24.3 Å². The summed E-state index contributed by atoms with van der Waals surface area (Å²) in [6, 6.07) is 8.70. The first kappa shape index (κ1) is 11.7. The number of hydrazine groups is 1. The molecule has 5 atom stereocenters. The standard InChI is InChI=1S/C16H22N2O/c1-19-12-6-4-9(5-7-12)16(18-17)15-13-10-2-3-11(8-10)14(13)15/h4-7,10-11,13-16,18H,2-3,8,17H2,1H3. The van der Waals surface area contributed by atoms with E-state index in [1.807, 2.05) is 12.1 Å². The molecule has 3 saturated carbocycles. The largest absolute Gasteiger partial charge is 0.497 e. The van der Waals surface area contributed by atoms with Crippen LogP contribution in [-0.2, 0) is 0 Å². The van der Waals surface area contributed by atoms with E-state index < -0.39 is 0 Å². The maximum absolute atomic E-state index is 5.85. The molecule has 4 rings (SSSR count). The summed E-state index contributed by atoms with van der Waals surface area (Å²) in [5.74, 6) is 11.4. The number of benzene rings is 1. The van der Waals surface area contributed by atoms with E-state index in [4.69, 9.17) is 10.6 Å². The van der Waals surface area contributed by atoms with Gasteiger partial charge in [-0.25, -0.2) is 0 Å². The Hall–Kier alpha value is -1.06. The summed E-state index contributed by atoms with van der Waals surface area (Å²) in [7, 11) is 1.71. The number of nitrogens with two attached hydrogens (primary N) is 1. The summed E-state index contributed by atoms with van der Waals surface area (Å²) in [4.78, 5) is 0. The lowest BCUT2D eigenvalue weighted by molar-refractivity contribution is 0.373. The van der Waals surface area contributed by atoms with Crippen molar-refractivity contribution in [2.24, 2.45) is 35.4 Å². The van der Waals surface area contributed by atoms with E-state index in [1.54, 1.807) is 7.11 Å². The van der Waals surface area contributed by atoms with Crippen LogP contribution in [0.3, 0.4) is 0 Å². The summed E-state index contributed by atoms with van der Waals surface area (Å²) in [5, 5.41) is 0. The number of ether oxygens (including phenoxy) is 1. The third-order valence-corrected chi connectivity index (χ3v) is 5.83. The molecule has 3 fully saturated rings. The second-order valence-electron chi connectivity index (χ2n) is 6.48. The van der Waals surface area contributed by atoms with Crippen LogP contribution in [0.4, 0.5) is 0 Å². The molecule has 3 heteroatoms. The van der Waals surface area contributed by atoms with Crippen LogP contribution in [0.2, 0.25) is 0 Å². The van der Waals surface area contributed by atoms with Crippen molar-refractivity contribution in [1.29, 1.82) is 0 Å². The van der Waals surface area contributed by atoms with Crippen molar-refractivity contribution in [1.82, 2.24) is 5.43 Å². The molecular formula is C16H22N2O. The first-order chi connectivity index (χ1) is 9.33. The minimum absolute atomic E-state index is 0.323. The molecule has 5 unspecified atom stereocenters. The average Bonchev–Trinajstić information content (AvgIpc) is 2.88. The van der Waals surface area contributed by atoms with Gasteiger partial charge in [0.2, 0.25) is 0 Å². The number of hydrogen-bond donors (Lipinski definition) is 2. The Bertz CT molecular complexity index is 456. The second-order valence-corrected chi connectivity index (χ2v) is 6.48. The zero-order chi connectivity index (χ0) is 13.0. The third kappa shape index (κ3) is 1.65. The van der Waals surface area contributed by atoms with E-state index >= 15 is 0 Å². The van der Waals surface area contributed by atoms with Crippen LogP contribution in [-0.4, -0.2) is 7.11 Å². The number of fused-ring (bicyclic) bond motifs is 5. The van der Waals surface area contributed by atoms with Crippen LogP contribution < -0.4 is 16.0 Å². The van der Waals surface area contributed by atoms with Crippen molar-refractivity contribution in [2.75, 3.05) is 7.11 Å². The Balaban J connectivity index is 1.55. The van der Waals surface area contributed by atoms with E-state index in [-0.39, 0.29) is 0 Å². The maximum atomic E-state index is 5.85. The predicted molar refractivity (Wildman–Crippen MR) is 74.4 cm³/mol. The lowest BCUT2D eigenvalue weighted by atomic mass is 9.93. The SMILES string of the molecule is COc1ccc(C(NN)C2C3C4CCC(C4)C32)cc1. The maximum Gasteiger partial charge on any atom is 0.118 e. The van der Waals surface area contributed by atoms with Crippen LogP contribution in [0, 0.1) is 29.6 Å². The topological polar surface area (TPSA) is 47.3 Å². The van der Waals surface area contributed by atoms with Gasteiger partial charge in [-0.3, -0.25) is 11.3 Å². The van der Waals surface area contributed by atoms with E-state index in [2.05, 4.69) is 17.6 Å². The average molecular weight is 258 g/mol. The van der Waals surface area contributed by atoms with Crippen LogP contribution in [0.25, 0.3) is 0 Å². The lowest BCUT2D eigenvalue weighted by Crippen LogP contribution is -2.31. The molecule has 3 N–H and O–H groups in total. The number of methoxy groups -OCH3 is 1. The Labute approximate surface area is 114 Å². The molecule has 0 saturated heterocycles. The summed E-state index contributed by atoms with van der Waals surface area (Å²) >= 11 is 0. The molecular weight excluding hydrogens is 236 g/mol. The molecule has 0 aliphatic heterocycles. The van der Waals surface area contributed by atoms with Crippen molar-refractivity contribution < 1.29 is 4.74 Å². The Morgan fingerprint density at radius 3 is 2.32 bits per heavy atom. The van der Waals surface area contributed by atoms with Gasteiger partial charge in [0.15, 0.2) is 0 Å². The van der Waals surface area contributed by atoms with Crippen molar-refractivity contribution >= 4 is 0 Å². The molecule has 0 radical (unpaired) electrons. The van der Waals surface area contributed by atoms with Gasteiger partial charge in [0, 0.05) is 6.04 Å². The van der Waals surface area contributed by atoms with Crippen LogP contribution in [0.5, 0.6) is 5.75 Å². The highest BCUT2D eigenvalue weighted by molar-refractivity contribution is 5.31. The fourth-order valence-corrected chi connectivity index (χ4v) is 5.08. The number of hydrogen-bond acceptors (Lipinski definition) is 3. The molecule has 19 heavy (non-hydrogen) atoms. The molecule has 3 aliphatic rings. The molecule has 0 spiro atoms. The van der Waals surface area contributed by atoms with E-state index in [0.29, 0.717) is 6.04 Å².